The van der Waals surface area contributed by atoms with Crippen molar-refractivity contribution >= 4 is 29.9 Å². The van der Waals surface area contributed by atoms with Gasteiger partial charge in [0, 0.05) is 40.9 Å². The van der Waals surface area contributed by atoms with Gasteiger partial charge in [-0.25, -0.2) is 0 Å². The van der Waals surface area contributed by atoms with Gasteiger partial charge in [0.15, 0.2) is 5.96 Å². The summed E-state index contributed by atoms with van der Waals surface area (Å²) >= 11 is 0. The molecule has 0 unspecified atom stereocenters. The Labute approximate surface area is 163 Å². The van der Waals surface area contributed by atoms with E-state index in [0.29, 0.717) is 13.2 Å². The lowest BCUT2D eigenvalue weighted by Crippen LogP contribution is -2.38. The molecule has 0 aliphatic carbocycles. The Hall–Kier alpha value is -0.860. The van der Waals surface area contributed by atoms with E-state index in [9.17, 15) is 0 Å². The molecule has 0 saturated carbocycles. The molecule has 0 aliphatic heterocycles. The van der Waals surface area contributed by atoms with E-state index in [1.54, 1.807) is 7.11 Å². The van der Waals surface area contributed by atoms with Crippen molar-refractivity contribution in [2.45, 2.75) is 26.3 Å². The Bertz CT molecular complexity index is 452. The molecule has 0 saturated heterocycles. The number of benzene rings is 1. The minimum atomic E-state index is 0. The average Bonchev–Trinajstić information content (AvgIpc) is 2.55. The predicted molar refractivity (Wildman–Crippen MR) is 111 cm³/mol. The van der Waals surface area contributed by atoms with E-state index < -0.39 is 0 Å². The largest absolute Gasteiger partial charge is 0.382 e. The highest BCUT2D eigenvalue weighted by molar-refractivity contribution is 14.0. The second-order valence-corrected chi connectivity index (χ2v) is 5.63. The molecule has 138 valence electrons. The Morgan fingerprint density at radius 3 is 2.46 bits per heavy atom. The number of nitrogens with one attached hydrogen (secondary N) is 1. The van der Waals surface area contributed by atoms with Crippen LogP contribution in [0.5, 0.6) is 0 Å². The van der Waals surface area contributed by atoms with E-state index in [2.05, 4.69) is 53.4 Å². The summed E-state index contributed by atoms with van der Waals surface area (Å²) in [5.74, 6) is 0.922. The van der Waals surface area contributed by atoms with Crippen molar-refractivity contribution in [3.05, 3.63) is 35.4 Å². The number of rotatable bonds is 10. The highest BCUT2D eigenvalue weighted by Crippen LogP contribution is 2.06. The first-order valence-electron chi connectivity index (χ1n) is 8.21. The smallest absolute Gasteiger partial charge is 0.193 e. The van der Waals surface area contributed by atoms with E-state index in [1.165, 1.54) is 11.1 Å². The van der Waals surface area contributed by atoms with Gasteiger partial charge in [-0.3, -0.25) is 4.99 Å². The van der Waals surface area contributed by atoms with E-state index in [-0.39, 0.29) is 24.0 Å². The highest BCUT2D eigenvalue weighted by atomic mass is 127. The number of guanidine groups is 1. The summed E-state index contributed by atoms with van der Waals surface area (Å²) in [7, 11) is 5.57. The molecule has 0 fully saturated rings. The molecule has 5 nitrogen and oxygen atoms in total. The average molecular weight is 449 g/mol. The monoisotopic (exact) mass is 449 g/mol. The molecule has 0 aromatic heterocycles. The molecule has 0 amide bonds. The Morgan fingerprint density at radius 2 is 1.83 bits per heavy atom. The Kier molecular flexibility index (Phi) is 14.0. The molecule has 1 aromatic rings. The molecule has 6 heteroatoms. The van der Waals surface area contributed by atoms with Crippen LogP contribution in [0.4, 0.5) is 0 Å². The number of hydrogen-bond donors (Lipinski definition) is 1. The van der Waals surface area contributed by atoms with Gasteiger partial charge >= 0.3 is 0 Å². The van der Waals surface area contributed by atoms with Crippen molar-refractivity contribution in [2.24, 2.45) is 4.99 Å². The number of halogens is 1. The third-order valence-electron chi connectivity index (χ3n) is 3.54. The van der Waals surface area contributed by atoms with Crippen molar-refractivity contribution in [2.75, 3.05) is 47.6 Å². The summed E-state index contributed by atoms with van der Waals surface area (Å²) < 4.78 is 10.4. The van der Waals surface area contributed by atoms with Crippen molar-refractivity contribution < 1.29 is 9.47 Å². The topological polar surface area (TPSA) is 46.1 Å². The van der Waals surface area contributed by atoms with E-state index >= 15 is 0 Å². The fourth-order valence-corrected chi connectivity index (χ4v) is 2.20. The van der Waals surface area contributed by atoms with Gasteiger partial charge in [0.1, 0.15) is 0 Å². The third-order valence-corrected chi connectivity index (χ3v) is 3.54. The van der Waals surface area contributed by atoms with Gasteiger partial charge in [-0.2, -0.15) is 0 Å². The van der Waals surface area contributed by atoms with E-state index in [0.717, 1.165) is 38.5 Å². The first kappa shape index (κ1) is 23.1. The summed E-state index contributed by atoms with van der Waals surface area (Å²) in [6.45, 7) is 5.97. The zero-order valence-electron chi connectivity index (χ0n) is 15.4. The van der Waals surface area contributed by atoms with Crippen molar-refractivity contribution in [1.82, 2.24) is 10.2 Å². The minimum Gasteiger partial charge on any atom is -0.382 e. The van der Waals surface area contributed by atoms with Crippen LogP contribution in [0, 0.1) is 6.92 Å². The molecular formula is C18H32IN3O2. The van der Waals surface area contributed by atoms with Gasteiger partial charge in [-0.05, 0) is 25.3 Å². The maximum absolute atomic E-state index is 5.45. The van der Waals surface area contributed by atoms with Gasteiger partial charge in [0.25, 0.3) is 0 Å². The lowest BCUT2D eigenvalue weighted by Gasteiger charge is -2.22. The first-order chi connectivity index (χ1) is 11.2. The van der Waals surface area contributed by atoms with Gasteiger partial charge in [-0.15, -0.1) is 24.0 Å². The van der Waals surface area contributed by atoms with Crippen LogP contribution in [0.15, 0.2) is 29.3 Å². The first-order valence-corrected chi connectivity index (χ1v) is 8.21. The molecule has 1 N–H and O–H groups in total. The summed E-state index contributed by atoms with van der Waals surface area (Å²) in [4.78, 5) is 6.48. The number of nitrogens with zero attached hydrogens (tertiary/aromatic N) is 2. The van der Waals surface area contributed by atoms with E-state index in [4.69, 9.17) is 9.47 Å². The fourth-order valence-electron chi connectivity index (χ4n) is 2.20. The minimum absolute atomic E-state index is 0. The lowest BCUT2D eigenvalue weighted by atomic mass is 10.1. The number of aryl methyl sites for hydroxylation is 1. The maximum atomic E-state index is 5.45. The molecular weight excluding hydrogens is 417 g/mol. The summed E-state index contributed by atoms with van der Waals surface area (Å²) in [5.41, 5.74) is 2.57. The van der Waals surface area contributed by atoms with Crippen LogP contribution in [0.25, 0.3) is 0 Å². The van der Waals surface area contributed by atoms with Crippen LogP contribution in [0.3, 0.4) is 0 Å². The number of hydrogen-bond acceptors (Lipinski definition) is 3. The Balaban J connectivity index is 0.00000529. The standard InChI is InChI=1S/C18H31N3O2.HI/c1-16-7-9-17(10-8-16)15-21(3)18(19-2)20-11-5-6-12-23-14-13-22-4;/h7-10H,5-6,11-15H2,1-4H3,(H,19,20);1H. The second-order valence-electron chi connectivity index (χ2n) is 5.63. The molecule has 0 radical (unpaired) electrons. The van der Waals surface area contributed by atoms with Crippen molar-refractivity contribution in [1.29, 1.82) is 0 Å². The molecule has 0 heterocycles. The summed E-state index contributed by atoms with van der Waals surface area (Å²) in [6.07, 6.45) is 2.10. The molecule has 1 rings (SSSR count). The normalized spacial score (nSPS) is 11.1. The SMILES string of the molecule is CN=C(NCCCCOCCOC)N(C)Cc1ccc(C)cc1.I. The third kappa shape index (κ3) is 10.1. The zero-order valence-corrected chi connectivity index (χ0v) is 17.7. The van der Waals surface area contributed by atoms with Gasteiger partial charge < -0.3 is 19.7 Å². The van der Waals surface area contributed by atoms with Crippen LogP contribution in [0.1, 0.15) is 24.0 Å². The lowest BCUT2D eigenvalue weighted by molar-refractivity contribution is 0.0689. The van der Waals surface area contributed by atoms with Crippen LogP contribution >= 0.6 is 24.0 Å². The quantitative estimate of drug-likeness (QED) is 0.258. The summed E-state index contributed by atoms with van der Waals surface area (Å²) in [6, 6.07) is 8.61. The van der Waals surface area contributed by atoms with Gasteiger partial charge in [0.2, 0.25) is 0 Å². The summed E-state index contributed by atoms with van der Waals surface area (Å²) in [5, 5.41) is 3.40. The Morgan fingerprint density at radius 1 is 1.12 bits per heavy atom. The van der Waals surface area contributed by atoms with Crippen molar-refractivity contribution in [3.63, 3.8) is 0 Å². The molecule has 0 aliphatic rings. The van der Waals surface area contributed by atoms with Gasteiger partial charge in [0.05, 0.1) is 13.2 Å². The molecule has 0 spiro atoms. The molecule has 1 aromatic carbocycles. The highest BCUT2D eigenvalue weighted by Gasteiger charge is 2.05. The van der Waals surface area contributed by atoms with Crippen LogP contribution in [-0.2, 0) is 16.0 Å². The molecule has 0 atom stereocenters. The molecule has 24 heavy (non-hydrogen) atoms. The van der Waals surface area contributed by atoms with E-state index in [1.807, 2.05) is 7.05 Å². The van der Waals surface area contributed by atoms with Crippen molar-refractivity contribution in [3.8, 4) is 0 Å². The number of aliphatic imine (C=N–C) groups is 1. The number of methoxy groups -OCH3 is 1. The van der Waals surface area contributed by atoms with Gasteiger partial charge in [-0.1, -0.05) is 29.8 Å². The molecule has 0 bridgehead atoms. The van der Waals surface area contributed by atoms with Crippen LogP contribution in [0.2, 0.25) is 0 Å². The zero-order chi connectivity index (χ0) is 16.9. The fraction of sp³-hybridized carbons (Fsp3) is 0.611. The van der Waals surface area contributed by atoms with Crippen LogP contribution in [-0.4, -0.2) is 58.4 Å². The number of unbranched alkanes of at least 4 members (excludes halogenated alkanes) is 1. The van der Waals surface area contributed by atoms with Crippen LogP contribution < -0.4 is 5.32 Å². The maximum Gasteiger partial charge on any atom is 0.193 e. The second kappa shape index (κ2) is 14.5. The predicted octanol–water partition coefficient (Wildman–Crippen LogP) is 3.06. The number of ether oxygens (including phenoxy) is 2.